The van der Waals surface area contributed by atoms with E-state index < -0.39 is 5.41 Å². The summed E-state index contributed by atoms with van der Waals surface area (Å²) in [7, 11) is 0. The van der Waals surface area contributed by atoms with Gasteiger partial charge in [-0.05, 0) is 19.1 Å². The molecule has 1 atom stereocenters. The van der Waals surface area contributed by atoms with Gasteiger partial charge in [-0.2, -0.15) is 0 Å². The number of hydrogen-bond acceptors (Lipinski definition) is 2. The Morgan fingerprint density at radius 2 is 2.31 bits per heavy atom. The first-order chi connectivity index (χ1) is 7.55. The number of fused-ring (bicyclic) bond motifs is 1. The number of ketones is 1. The van der Waals surface area contributed by atoms with Gasteiger partial charge in [-0.1, -0.05) is 6.92 Å². The van der Waals surface area contributed by atoms with Gasteiger partial charge in [-0.15, -0.1) is 0 Å². The van der Waals surface area contributed by atoms with Crippen molar-refractivity contribution in [2.75, 3.05) is 0 Å². The molecule has 2 aromatic heterocycles. The van der Waals surface area contributed by atoms with Gasteiger partial charge < -0.3 is 4.40 Å². The summed E-state index contributed by atoms with van der Waals surface area (Å²) in [6.45, 7) is 7.73. The number of hydrogen-bond donors (Lipinski definition) is 0. The Morgan fingerprint density at radius 1 is 1.56 bits per heavy atom. The molecule has 0 N–H and O–H groups in total. The molecule has 0 aliphatic rings. The Hall–Kier alpha value is -1.77. The number of rotatable bonds is 3. The fourth-order valence-corrected chi connectivity index (χ4v) is 1.80. The van der Waals surface area contributed by atoms with Crippen molar-refractivity contribution in [2.24, 2.45) is 0 Å². The maximum Gasteiger partial charge on any atom is 0.187 e. The molecule has 0 aliphatic heterocycles. The monoisotopic (exact) mass is 215 g/mol. The van der Waals surface area contributed by atoms with Gasteiger partial charge in [0.2, 0.25) is 0 Å². The quantitative estimate of drug-likeness (QED) is 0.737. The van der Waals surface area contributed by atoms with Gasteiger partial charge in [0.1, 0.15) is 5.65 Å². The molecule has 2 heterocycles. The van der Waals surface area contributed by atoms with E-state index in [-0.39, 0.29) is 5.78 Å². The highest BCUT2D eigenvalue weighted by Gasteiger charge is 2.35. The Kier molecular flexibility index (Phi) is 2.46. The van der Waals surface area contributed by atoms with Gasteiger partial charge in [0, 0.05) is 30.6 Å². The van der Waals surface area contributed by atoms with E-state index in [4.69, 9.17) is 0 Å². The summed E-state index contributed by atoms with van der Waals surface area (Å²) in [5.41, 5.74) is 1.08. The van der Waals surface area contributed by atoms with E-state index in [1.807, 2.05) is 42.8 Å². The first-order valence-corrected chi connectivity index (χ1v) is 5.37. The number of aromatic nitrogens is 2. The van der Waals surface area contributed by atoms with Gasteiger partial charge in [0.15, 0.2) is 11.2 Å². The molecule has 0 saturated heterocycles. The SMILES string of the molecule is [CH2+]C(C)(C(=O)CC)c1ccn2ccnc2c1. The van der Waals surface area contributed by atoms with Crippen molar-refractivity contribution in [3.05, 3.63) is 43.2 Å². The third-order valence-electron chi connectivity index (χ3n) is 2.97. The lowest BCUT2D eigenvalue weighted by atomic mass is 9.80. The second kappa shape index (κ2) is 3.67. The molecule has 16 heavy (non-hydrogen) atoms. The number of carbonyl (C=O) groups is 1. The van der Waals surface area contributed by atoms with Crippen LogP contribution in [0.1, 0.15) is 25.8 Å². The topological polar surface area (TPSA) is 34.4 Å². The molecule has 0 amide bonds. The summed E-state index contributed by atoms with van der Waals surface area (Å²) in [4.78, 5) is 16.0. The second-order valence-electron chi connectivity index (χ2n) is 4.22. The lowest BCUT2D eigenvalue weighted by molar-refractivity contribution is -0.122. The lowest BCUT2D eigenvalue weighted by Gasteiger charge is -2.16. The maximum absolute atomic E-state index is 11.8. The zero-order valence-corrected chi connectivity index (χ0v) is 9.60. The highest BCUT2D eigenvalue weighted by molar-refractivity contribution is 5.90. The van der Waals surface area contributed by atoms with Crippen LogP contribution in [0.4, 0.5) is 0 Å². The van der Waals surface area contributed by atoms with Crippen molar-refractivity contribution in [1.82, 2.24) is 9.38 Å². The predicted molar refractivity (Wildman–Crippen MR) is 63.2 cm³/mol. The highest BCUT2D eigenvalue weighted by Crippen LogP contribution is 2.25. The van der Waals surface area contributed by atoms with Crippen molar-refractivity contribution < 1.29 is 4.79 Å². The standard InChI is InChI=1S/C13H15N2O/c1-4-11(16)13(2,3)10-5-7-15-8-6-14-12(15)9-10/h5-9H,2,4H2,1,3H3/q+1. The van der Waals surface area contributed by atoms with E-state index >= 15 is 0 Å². The number of carbonyl (C=O) groups excluding carboxylic acids is 1. The molecule has 0 saturated carbocycles. The lowest BCUT2D eigenvalue weighted by Crippen LogP contribution is -2.28. The minimum atomic E-state index is -0.678. The molecule has 82 valence electrons. The van der Waals surface area contributed by atoms with E-state index in [0.717, 1.165) is 11.2 Å². The summed E-state index contributed by atoms with van der Waals surface area (Å²) in [5, 5.41) is 0. The Balaban J connectivity index is 2.50. The second-order valence-corrected chi connectivity index (χ2v) is 4.22. The number of imidazole rings is 1. The van der Waals surface area contributed by atoms with Crippen LogP contribution in [0.2, 0.25) is 0 Å². The minimum Gasteiger partial charge on any atom is -0.307 e. The normalized spacial score (nSPS) is 14.9. The molecule has 2 rings (SSSR count). The first-order valence-electron chi connectivity index (χ1n) is 5.37. The summed E-state index contributed by atoms with van der Waals surface area (Å²) >= 11 is 0. The summed E-state index contributed by atoms with van der Waals surface area (Å²) in [6, 6.07) is 3.84. The largest absolute Gasteiger partial charge is 0.307 e. The van der Waals surface area contributed by atoms with Crippen molar-refractivity contribution in [3.63, 3.8) is 0 Å². The van der Waals surface area contributed by atoms with Gasteiger partial charge in [0.05, 0.1) is 6.92 Å². The molecule has 0 aliphatic carbocycles. The van der Waals surface area contributed by atoms with Gasteiger partial charge in [-0.25, -0.2) is 4.98 Å². The predicted octanol–water partition coefficient (Wildman–Crippen LogP) is 2.41. The summed E-state index contributed by atoms with van der Waals surface area (Å²) in [6.07, 6.45) is 6.02. The molecule has 1 unspecified atom stereocenters. The van der Waals surface area contributed by atoms with E-state index in [9.17, 15) is 4.79 Å². The molecule has 2 aromatic rings. The van der Waals surface area contributed by atoms with E-state index in [2.05, 4.69) is 11.9 Å². The molecule has 3 heteroatoms. The molecule has 0 bridgehead atoms. The Morgan fingerprint density at radius 3 is 3.00 bits per heavy atom. The molecule has 0 radical (unpaired) electrons. The maximum atomic E-state index is 11.8. The van der Waals surface area contributed by atoms with Gasteiger partial charge >= 0.3 is 0 Å². The van der Waals surface area contributed by atoms with Gasteiger partial charge in [0.25, 0.3) is 0 Å². The molecule has 0 fully saturated rings. The first kappa shape index (κ1) is 10.7. The van der Waals surface area contributed by atoms with Crippen LogP contribution in [-0.4, -0.2) is 15.2 Å². The molecular weight excluding hydrogens is 200 g/mol. The van der Waals surface area contributed by atoms with Crippen LogP contribution >= 0.6 is 0 Å². The van der Waals surface area contributed by atoms with Crippen LogP contribution < -0.4 is 0 Å². The summed E-state index contributed by atoms with van der Waals surface area (Å²) in [5.74, 6) is 0.142. The smallest absolute Gasteiger partial charge is 0.187 e. The van der Waals surface area contributed by atoms with E-state index in [1.54, 1.807) is 6.20 Å². The third-order valence-corrected chi connectivity index (χ3v) is 2.97. The molecular formula is C13H15N2O+. The van der Waals surface area contributed by atoms with Crippen molar-refractivity contribution in [1.29, 1.82) is 0 Å². The summed E-state index contributed by atoms with van der Waals surface area (Å²) < 4.78 is 1.91. The number of pyridine rings is 1. The van der Waals surface area contributed by atoms with Crippen LogP contribution in [0, 0.1) is 6.92 Å². The Labute approximate surface area is 95.1 Å². The number of Topliss-reactive ketones (excluding diaryl/α,β-unsaturated/α-hetero) is 1. The third kappa shape index (κ3) is 1.58. The fourth-order valence-electron chi connectivity index (χ4n) is 1.80. The molecule has 0 aromatic carbocycles. The average molecular weight is 215 g/mol. The minimum absolute atomic E-state index is 0.142. The van der Waals surface area contributed by atoms with Crippen LogP contribution in [0.25, 0.3) is 5.65 Å². The zero-order chi connectivity index (χ0) is 11.8. The van der Waals surface area contributed by atoms with Crippen molar-refractivity contribution in [3.8, 4) is 0 Å². The van der Waals surface area contributed by atoms with E-state index in [1.165, 1.54) is 0 Å². The zero-order valence-electron chi connectivity index (χ0n) is 9.60. The van der Waals surface area contributed by atoms with Crippen LogP contribution in [0.3, 0.4) is 0 Å². The van der Waals surface area contributed by atoms with Crippen LogP contribution in [0.5, 0.6) is 0 Å². The van der Waals surface area contributed by atoms with Crippen LogP contribution in [-0.2, 0) is 10.2 Å². The average Bonchev–Trinajstić information content (AvgIpc) is 2.74. The van der Waals surface area contributed by atoms with Crippen molar-refractivity contribution in [2.45, 2.75) is 25.7 Å². The Bertz CT molecular complexity index is 525. The van der Waals surface area contributed by atoms with Crippen molar-refractivity contribution >= 4 is 11.4 Å². The highest BCUT2D eigenvalue weighted by atomic mass is 16.1. The fraction of sp³-hybridized carbons (Fsp3) is 0.308. The molecule has 3 nitrogen and oxygen atoms in total. The van der Waals surface area contributed by atoms with Crippen LogP contribution in [0.15, 0.2) is 30.7 Å². The van der Waals surface area contributed by atoms with E-state index in [0.29, 0.717) is 6.42 Å². The molecule has 0 spiro atoms. The van der Waals surface area contributed by atoms with Gasteiger partial charge in [-0.3, -0.25) is 4.79 Å². The number of nitrogens with zero attached hydrogens (tertiary/aromatic N) is 2.